The molecule has 3 aromatic carbocycles. The first-order chi connectivity index (χ1) is 8.18. The Kier molecular flexibility index (Phi) is 2.37. The highest BCUT2D eigenvalue weighted by Gasteiger charge is 2.07. The summed E-state index contributed by atoms with van der Waals surface area (Å²) in [5.41, 5.74) is 2.70. The number of benzene rings is 3. The first-order valence-corrected chi connectivity index (χ1v) is 6.24. The molecule has 0 spiro atoms. The highest BCUT2D eigenvalue weighted by molar-refractivity contribution is 7.80. The van der Waals surface area contributed by atoms with Crippen LogP contribution in [0.5, 0.6) is 0 Å². The summed E-state index contributed by atoms with van der Waals surface area (Å²) in [5.74, 6) is 0. The predicted octanol–water partition coefficient (Wildman–Crippen LogP) is 4.90. The van der Waals surface area contributed by atoms with Crippen LogP contribution in [0.3, 0.4) is 0 Å². The van der Waals surface area contributed by atoms with Crippen molar-refractivity contribution in [1.82, 2.24) is 0 Å². The minimum atomic E-state index is 1.02. The summed E-state index contributed by atoms with van der Waals surface area (Å²) in [7, 11) is 0. The van der Waals surface area contributed by atoms with E-state index in [2.05, 4.69) is 68.9 Å². The van der Waals surface area contributed by atoms with E-state index in [0.29, 0.717) is 0 Å². The Hall–Kier alpha value is -1.47. The molecule has 0 nitrogen and oxygen atoms in total. The van der Waals surface area contributed by atoms with Gasteiger partial charge in [-0.15, -0.1) is 12.6 Å². The zero-order chi connectivity index (χ0) is 12.0. The fourth-order valence-corrected chi connectivity index (χ4v) is 2.80. The molecule has 0 fully saturated rings. The summed E-state index contributed by atoms with van der Waals surface area (Å²) in [6.07, 6.45) is 0. The Morgan fingerprint density at radius 3 is 1.88 bits per heavy atom. The normalized spacial score (nSPS) is 11.2. The molecule has 17 heavy (non-hydrogen) atoms. The van der Waals surface area contributed by atoms with E-state index in [1.807, 2.05) is 0 Å². The second-order valence-corrected chi connectivity index (χ2v) is 5.04. The van der Waals surface area contributed by atoms with Gasteiger partial charge in [0.05, 0.1) is 0 Å². The maximum absolute atomic E-state index is 4.44. The third-order valence-electron chi connectivity index (χ3n) is 3.55. The Bertz CT molecular complexity index is 726. The van der Waals surface area contributed by atoms with Gasteiger partial charge in [-0.1, -0.05) is 30.3 Å². The number of hydrogen-bond donors (Lipinski definition) is 1. The van der Waals surface area contributed by atoms with Gasteiger partial charge in [0.25, 0.3) is 0 Å². The molecule has 0 saturated heterocycles. The zero-order valence-electron chi connectivity index (χ0n) is 9.99. The van der Waals surface area contributed by atoms with Crippen LogP contribution in [0.2, 0.25) is 0 Å². The Balaban J connectivity index is 2.63. The first kappa shape index (κ1) is 10.7. The largest absolute Gasteiger partial charge is 0.143 e. The van der Waals surface area contributed by atoms with E-state index >= 15 is 0 Å². The molecular weight excluding hydrogens is 224 g/mol. The van der Waals surface area contributed by atoms with Crippen molar-refractivity contribution in [2.45, 2.75) is 18.7 Å². The fraction of sp³-hybridized carbons (Fsp3) is 0.125. The van der Waals surface area contributed by atoms with Gasteiger partial charge in [-0.2, -0.15) is 0 Å². The van der Waals surface area contributed by atoms with Gasteiger partial charge in [-0.3, -0.25) is 0 Å². The molecule has 0 aliphatic rings. The maximum atomic E-state index is 4.44. The molecule has 0 amide bonds. The maximum Gasteiger partial charge on any atom is 0.00464 e. The van der Waals surface area contributed by atoms with Crippen LogP contribution in [-0.2, 0) is 0 Å². The van der Waals surface area contributed by atoms with Gasteiger partial charge in [-0.25, -0.2) is 0 Å². The van der Waals surface area contributed by atoms with E-state index in [1.54, 1.807) is 0 Å². The van der Waals surface area contributed by atoms with Gasteiger partial charge in [-0.05, 0) is 58.7 Å². The van der Waals surface area contributed by atoms with E-state index in [9.17, 15) is 0 Å². The molecule has 0 unspecified atom stereocenters. The molecule has 0 radical (unpaired) electrons. The Morgan fingerprint density at radius 1 is 0.706 bits per heavy atom. The van der Waals surface area contributed by atoms with E-state index in [4.69, 9.17) is 0 Å². The summed E-state index contributed by atoms with van der Waals surface area (Å²) in [6, 6.07) is 15.0. The lowest BCUT2D eigenvalue weighted by atomic mass is 9.93. The minimum Gasteiger partial charge on any atom is -0.143 e. The quantitative estimate of drug-likeness (QED) is 0.418. The Labute approximate surface area is 107 Å². The van der Waals surface area contributed by atoms with Crippen molar-refractivity contribution >= 4 is 34.2 Å². The monoisotopic (exact) mass is 238 g/mol. The lowest BCUT2D eigenvalue weighted by Gasteiger charge is -2.12. The number of rotatable bonds is 0. The Morgan fingerprint density at radius 2 is 1.24 bits per heavy atom. The lowest BCUT2D eigenvalue weighted by molar-refractivity contribution is 1.47. The van der Waals surface area contributed by atoms with E-state index < -0.39 is 0 Å². The number of aryl methyl sites for hydroxylation is 2. The van der Waals surface area contributed by atoms with E-state index in [-0.39, 0.29) is 0 Å². The SMILES string of the molecule is Cc1c2ccccc2c(C)c2cc(S)ccc12. The average molecular weight is 238 g/mol. The van der Waals surface area contributed by atoms with Crippen molar-refractivity contribution in [3.63, 3.8) is 0 Å². The lowest BCUT2D eigenvalue weighted by Crippen LogP contribution is -1.87. The highest BCUT2D eigenvalue weighted by atomic mass is 32.1. The van der Waals surface area contributed by atoms with Crippen LogP contribution in [0.15, 0.2) is 47.4 Å². The summed E-state index contributed by atoms with van der Waals surface area (Å²) in [6.45, 7) is 4.39. The fourth-order valence-electron chi connectivity index (χ4n) is 2.60. The molecule has 0 atom stereocenters. The molecule has 0 saturated carbocycles. The molecule has 0 aliphatic heterocycles. The number of fused-ring (bicyclic) bond motifs is 2. The number of thiol groups is 1. The summed E-state index contributed by atoms with van der Waals surface area (Å²) in [5, 5.41) is 5.34. The van der Waals surface area contributed by atoms with Crippen LogP contribution in [-0.4, -0.2) is 0 Å². The molecule has 0 N–H and O–H groups in total. The standard InChI is InChI=1S/C16H14S/c1-10-13-5-3-4-6-14(13)11(2)16-9-12(17)7-8-15(10)16/h3-9,17H,1-2H3. The average Bonchev–Trinajstić information content (AvgIpc) is 2.36. The molecule has 3 rings (SSSR count). The van der Waals surface area contributed by atoms with Crippen molar-refractivity contribution in [1.29, 1.82) is 0 Å². The summed E-state index contributed by atoms with van der Waals surface area (Å²) >= 11 is 4.44. The second kappa shape index (κ2) is 3.78. The van der Waals surface area contributed by atoms with Crippen molar-refractivity contribution in [2.75, 3.05) is 0 Å². The predicted molar refractivity (Wildman–Crippen MR) is 78.2 cm³/mol. The number of hydrogen-bond acceptors (Lipinski definition) is 1. The molecule has 1 heteroatoms. The van der Waals surface area contributed by atoms with Gasteiger partial charge in [0.2, 0.25) is 0 Å². The summed E-state index contributed by atoms with van der Waals surface area (Å²) < 4.78 is 0. The topological polar surface area (TPSA) is 0 Å². The van der Waals surface area contributed by atoms with Gasteiger partial charge in [0.15, 0.2) is 0 Å². The minimum absolute atomic E-state index is 1.02. The molecule has 0 bridgehead atoms. The molecule has 0 heterocycles. The van der Waals surface area contributed by atoms with Crippen molar-refractivity contribution in [3.8, 4) is 0 Å². The van der Waals surface area contributed by atoms with Gasteiger partial charge in [0.1, 0.15) is 0 Å². The van der Waals surface area contributed by atoms with Crippen LogP contribution in [0.1, 0.15) is 11.1 Å². The highest BCUT2D eigenvalue weighted by Crippen LogP contribution is 2.32. The van der Waals surface area contributed by atoms with Crippen LogP contribution >= 0.6 is 12.6 Å². The van der Waals surface area contributed by atoms with Gasteiger partial charge >= 0.3 is 0 Å². The van der Waals surface area contributed by atoms with E-state index in [0.717, 1.165) is 4.90 Å². The molecule has 84 valence electrons. The summed E-state index contributed by atoms with van der Waals surface area (Å²) in [4.78, 5) is 1.02. The molecular formula is C16H14S. The molecule has 0 aromatic heterocycles. The van der Waals surface area contributed by atoms with Gasteiger partial charge < -0.3 is 0 Å². The van der Waals surface area contributed by atoms with Crippen molar-refractivity contribution in [2.24, 2.45) is 0 Å². The van der Waals surface area contributed by atoms with Crippen molar-refractivity contribution < 1.29 is 0 Å². The van der Waals surface area contributed by atoms with E-state index in [1.165, 1.54) is 32.7 Å². The van der Waals surface area contributed by atoms with Crippen LogP contribution < -0.4 is 0 Å². The van der Waals surface area contributed by atoms with Crippen molar-refractivity contribution in [3.05, 3.63) is 53.6 Å². The van der Waals surface area contributed by atoms with Crippen LogP contribution in [0.25, 0.3) is 21.5 Å². The first-order valence-electron chi connectivity index (χ1n) is 5.79. The van der Waals surface area contributed by atoms with Crippen LogP contribution in [0.4, 0.5) is 0 Å². The molecule has 0 aliphatic carbocycles. The zero-order valence-corrected chi connectivity index (χ0v) is 10.9. The van der Waals surface area contributed by atoms with Crippen LogP contribution in [0, 0.1) is 13.8 Å². The third-order valence-corrected chi connectivity index (χ3v) is 3.82. The van der Waals surface area contributed by atoms with Gasteiger partial charge in [0, 0.05) is 4.90 Å². The second-order valence-electron chi connectivity index (χ2n) is 4.53. The third kappa shape index (κ3) is 1.54. The smallest absolute Gasteiger partial charge is 0.00464 e. The molecule has 3 aromatic rings.